The van der Waals surface area contributed by atoms with Crippen LogP contribution >= 0.6 is 12.4 Å². The second kappa shape index (κ2) is 9.78. The van der Waals surface area contributed by atoms with E-state index < -0.39 is 0 Å². The molecule has 1 fully saturated rings. The summed E-state index contributed by atoms with van der Waals surface area (Å²) in [6.45, 7) is 6.17. The van der Waals surface area contributed by atoms with Crippen molar-refractivity contribution >= 4 is 12.4 Å². The maximum absolute atomic E-state index is 4.26. The molecule has 1 atom stereocenters. The predicted octanol–water partition coefficient (Wildman–Crippen LogP) is 2.84. The van der Waals surface area contributed by atoms with E-state index in [0.717, 1.165) is 50.5 Å². The Bertz CT molecular complexity index is 849. The van der Waals surface area contributed by atoms with E-state index in [1.807, 2.05) is 35.0 Å². The maximum atomic E-state index is 4.26. The van der Waals surface area contributed by atoms with Crippen LogP contribution in [0.2, 0.25) is 0 Å². The van der Waals surface area contributed by atoms with Crippen molar-refractivity contribution in [2.24, 2.45) is 0 Å². The summed E-state index contributed by atoms with van der Waals surface area (Å²) in [6.07, 6.45) is 1.90. The highest BCUT2D eigenvalue weighted by Gasteiger charge is 2.24. The Hall–Kier alpha value is -2.28. The highest BCUT2D eigenvalue weighted by molar-refractivity contribution is 5.85. The molecule has 1 unspecified atom stereocenters. The lowest BCUT2D eigenvalue weighted by atomic mass is 10.0. The van der Waals surface area contributed by atoms with E-state index in [0.29, 0.717) is 6.04 Å². The summed E-state index contributed by atoms with van der Waals surface area (Å²) in [7, 11) is 0. The third-order valence-electron chi connectivity index (χ3n) is 5.28. The van der Waals surface area contributed by atoms with E-state index in [1.54, 1.807) is 0 Å². The molecule has 1 N–H and O–H groups in total. The number of aryl methyl sites for hydroxylation is 1. The molecule has 0 amide bonds. The number of halogens is 1. The Morgan fingerprint density at radius 3 is 2.61 bits per heavy atom. The lowest BCUT2D eigenvalue weighted by molar-refractivity contribution is 0.163. The van der Waals surface area contributed by atoms with Gasteiger partial charge in [0.15, 0.2) is 5.82 Å². The molecule has 0 aliphatic carbocycles. The summed E-state index contributed by atoms with van der Waals surface area (Å²) in [4.78, 5) is 2.54. The Morgan fingerprint density at radius 2 is 1.86 bits per heavy atom. The standard InChI is InChI=1S/C21H26N6.ClH/c1-2-17-8-10-18(11-9-17)20-16-22-13-15-26(20)14-12-21-23-24-25-27(21)19-6-4-3-5-7-19;/h3-11,20,22H,2,12-16H2,1H3;1H. The van der Waals surface area contributed by atoms with Crippen molar-refractivity contribution in [1.29, 1.82) is 0 Å². The van der Waals surface area contributed by atoms with Gasteiger partial charge in [0.1, 0.15) is 0 Å². The van der Waals surface area contributed by atoms with Crippen LogP contribution in [0.25, 0.3) is 5.69 Å². The zero-order valence-corrected chi connectivity index (χ0v) is 17.0. The number of nitrogens with one attached hydrogen (secondary N) is 1. The number of tetrazole rings is 1. The minimum Gasteiger partial charge on any atom is -0.314 e. The van der Waals surface area contributed by atoms with Crippen LogP contribution in [0.4, 0.5) is 0 Å². The number of benzene rings is 2. The molecule has 148 valence electrons. The average Bonchev–Trinajstić information content (AvgIpc) is 3.22. The predicted molar refractivity (Wildman–Crippen MR) is 113 cm³/mol. The molecule has 3 aromatic rings. The molecule has 4 rings (SSSR count). The van der Waals surface area contributed by atoms with Crippen LogP contribution in [0.15, 0.2) is 54.6 Å². The van der Waals surface area contributed by atoms with E-state index in [4.69, 9.17) is 0 Å². The number of hydrogen-bond donors (Lipinski definition) is 1. The van der Waals surface area contributed by atoms with Gasteiger partial charge in [0.25, 0.3) is 0 Å². The molecule has 0 spiro atoms. The molecule has 1 aliphatic heterocycles. The molecule has 0 radical (unpaired) electrons. The minimum absolute atomic E-state index is 0. The monoisotopic (exact) mass is 398 g/mol. The fourth-order valence-corrected chi connectivity index (χ4v) is 3.69. The summed E-state index contributed by atoms with van der Waals surface area (Å²) in [5.74, 6) is 0.903. The Kier molecular flexibility index (Phi) is 7.14. The fraction of sp³-hybridized carbons (Fsp3) is 0.381. The van der Waals surface area contributed by atoms with Crippen LogP contribution in [-0.4, -0.2) is 51.3 Å². The van der Waals surface area contributed by atoms with E-state index in [9.17, 15) is 0 Å². The highest BCUT2D eigenvalue weighted by Crippen LogP contribution is 2.23. The smallest absolute Gasteiger partial charge is 0.157 e. The molecule has 7 heteroatoms. The quantitative estimate of drug-likeness (QED) is 0.691. The summed E-state index contributed by atoms with van der Waals surface area (Å²) in [6, 6.07) is 19.5. The van der Waals surface area contributed by atoms with Gasteiger partial charge in [0.2, 0.25) is 0 Å². The van der Waals surface area contributed by atoms with Crippen LogP contribution in [0, 0.1) is 0 Å². The molecule has 1 aromatic heterocycles. The number of piperazine rings is 1. The summed E-state index contributed by atoms with van der Waals surface area (Å²) >= 11 is 0. The van der Waals surface area contributed by atoms with Crippen molar-refractivity contribution in [2.75, 3.05) is 26.2 Å². The molecule has 1 aliphatic rings. The van der Waals surface area contributed by atoms with Gasteiger partial charge in [-0.15, -0.1) is 17.5 Å². The first-order valence-corrected chi connectivity index (χ1v) is 9.71. The van der Waals surface area contributed by atoms with E-state index in [2.05, 4.69) is 56.9 Å². The Balaban J connectivity index is 0.00000225. The molecular formula is C21H27ClN6. The molecule has 28 heavy (non-hydrogen) atoms. The number of aromatic nitrogens is 4. The topological polar surface area (TPSA) is 58.9 Å². The van der Waals surface area contributed by atoms with Crippen LogP contribution in [-0.2, 0) is 12.8 Å². The zero-order chi connectivity index (χ0) is 18.5. The van der Waals surface area contributed by atoms with Gasteiger partial charge >= 0.3 is 0 Å². The van der Waals surface area contributed by atoms with E-state index >= 15 is 0 Å². The summed E-state index contributed by atoms with van der Waals surface area (Å²) in [5.41, 5.74) is 3.77. The van der Waals surface area contributed by atoms with E-state index in [-0.39, 0.29) is 12.4 Å². The van der Waals surface area contributed by atoms with Gasteiger partial charge in [0, 0.05) is 38.6 Å². The molecule has 0 saturated carbocycles. The van der Waals surface area contributed by atoms with Crippen molar-refractivity contribution in [2.45, 2.75) is 25.8 Å². The average molecular weight is 399 g/mol. The Morgan fingerprint density at radius 1 is 1.07 bits per heavy atom. The van der Waals surface area contributed by atoms with Gasteiger partial charge < -0.3 is 5.32 Å². The number of para-hydroxylation sites is 1. The number of hydrogen-bond acceptors (Lipinski definition) is 5. The summed E-state index contributed by atoms with van der Waals surface area (Å²) in [5, 5.41) is 15.9. The van der Waals surface area contributed by atoms with Crippen molar-refractivity contribution in [1.82, 2.24) is 30.4 Å². The lowest BCUT2D eigenvalue weighted by Crippen LogP contribution is -2.46. The van der Waals surface area contributed by atoms with Crippen molar-refractivity contribution < 1.29 is 0 Å². The first-order valence-electron chi connectivity index (χ1n) is 9.71. The molecule has 2 aromatic carbocycles. The van der Waals surface area contributed by atoms with Crippen LogP contribution < -0.4 is 5.32 Å². The third-order valence-corrected chi connectivity index (χ3v) is 5.28. The third kappa shape index (κ3) is 4.58. The summed E-state index contributed by atoms with van der Waals surface area (Å²) < 4.78 is 1.84. The lowest BCUT2D eigenvalue weighted by Gasteiger charge is -2.36. The van der Waals surface area contributed by atoms with Crippen LogP contribution in [0.3, 0.4) is 0 Å². The van der Waals surface area contributed by atoms with Gasteiger partial charge in [-0.05, 0) is 40.1 Å². The van der Waals surface area contributed by atoms with Crippen LogP contribution in [0.5, 0.6) is 0 Å². The molecule has 0 bridgehead atoms. The number of rotatable bonds is 6. The number of nitrogens with zero attached hydrogens (tertiary/aromatic N) is 5. The Labute approximate surface area is 172 Å². The van der Waals surface area contributed by atoms with Gasteiger partial charge in [-0.1, -0.05) is 49.4 Å². The normalized spacial score (nSPS) is 17.2. The second-order valence-corrected chi connectivity index (χ2v) is 6.94. The molecule has 1 saturated heterocycles. The van der Waals surface area contributed by atoms with E-state index in [1.165, 1.54) is 11.1 Å². The first kappa shape index (κ1) is 20.5. The van der Waals surface area contributed by atoms with Crippen molar-refractivity contribution in [3.63, 3.8) is 0 Å². The SMILES string of the molecule is CCc1ccc(C2CNCCN2CCc2nnnn2-c2ccccc2)cc1.Cl. The van der Waals surface area contributed by atoms with Crippen molar-refractivity contribution in [3.05, 3.63) is 71.5 Å². The molecule has 6 nitrogen and oxygen atoms in total. The van der Waals surface area contributed by atoms with Gasteiger partial charge in [-0.3, -0.25) is 4.90 Å². The fourth-order valence-electron chi connectivity index (χ4n) is 3.69. The van der Waals surface area contributed by atoms with Gasteiger partial charge in [0.05, 0.1) is 5.69 Å². The minimum atomic E-state index is 0. The van der Waals surface area contributed by atoms with Gasteiger partial charge in [-0.25, -0.2) is 0 Å². The molecule has 2 heterocycles. The first-order chi connectivity index (χ1) is 13.3. The van der Waals surface area contributed by atoms with Crippen molar-refractivity contribution in [3.8, 4) is 5.69 Å². The van der Waals surface area contributed by atoms with Crippen LogP contribution in [0.1, 0.15) is 29.9 Å². The highest BCUT2D eigenvalue weighted by atomic mass is 35.5. The molecular weight excluding hydrogens is 372 g/mol. The second-order valence-electron chi connectivity index (χ2n) is 6.94. The maximum Gasteiger partial charge on any atom is 0.157 e. The van der Waals surface area contributed by atoms with Gasteiger partial charge in [-0.2, -0.15) is 4.68 Å². The zero-order valence-electron chi connectivity index (χ0n) is 16.2. The largest absolute Gasteiger partial charge is 0.314 e.